The molecule has 0 bridgehead atoms. The van der Waals surface area contributed by atoms with E-state index in [-0.39, 0.29) is 24.8 Å². The van der Waals surface area contributed by atoms with Gasteiger partial charge in [0.2, 0.25) is 16.0 Å². The monoisotopic (exact) mass is 442 g/mol. The highest BCUT2D eigenvalue weighted by atomic mass is 32.2. The molecule has 0 radical (unpaired) electrons. The number of benzene rings is 1. The number of hydrogen-bond donors (Lipinski definition) is 2. The number of carbonyl (C=O) groups is 1. The number of ether oxygens (including phenoxy) is 2. The van der Waals surface area contributed by atoms with Crippen molar-refractivity contribution in [3.63, 3.8) is 0 Å². The Labute approximate surface area is 177 Å². The Hall–Kier alpha value is -1.55. The van der Waals surface area contributed by atoms with Crippen LogP contribution in [-0.4, -0.2) is 58.7 Å². The van der Waals surface area contributed by atoms with Gasteiger partial charge in [-0.2, -0.15) is 0 Å². The van der Waals surface area contributed by atoms with Crippen molar-refractivity contribution in [2.75, 3.05) is 25.8 Å². The van der Waals surface area contributed by atoms with E-state index in [4.69, 9.17) is 9.47 Å². The highest BCUT2D eigenvalue weighted by Crippen LogP contribution is 2.38. The third kappa shape index (κ3) is 6.47. The van der Waals surface area contributed by atoms with Crippen molar-refractivity contribution in [2.24, 2.45) is 0 Å². The summed E-state index contributed by atoms with van der Waals surface area (Å²) < 4.78 is 50.0. The second-order valence-electron chi connectivity index (χ2n) is 7.97. The molecule has 2 aliphatic rings. The van der Waals surface area contributed by atoms with Gasteiger partial charge in [-0.25, -0.2) is 17.5 Å². The van der Waals surface area contributed by atoms with Gasteiger partial charge in [-0.05, 0) is 62.6 Å². The van der Waals surface area contributed by atoms with Gasteiger partial charge in [0, 0.05) is 12.1 Å². The van der Waals surface area contributed by atoms with Gasteiger partial charge in [0.15, 0.2) is 6.29 Å². The van der Waals surface area contributed by atoms with Crippen LogP contribution < -0.4 is 14.8 Å². The van der Waals surface area contributed by atoms with Crippen LogP contribution in [0, 0.1) is 0 Å². The fourth-order valence-electron chi connectivity index (χ4n) is 4.38. The molecule has 1 saturated heterocycles. The lowest BCUT2D eigenvalue weighted by Gasteiger charge is -2.35. The van der Waals surface area contributed by atoms with E-state index in [0.717, 1.165) is 56.2 Å². The Morgan fingerprint density at radius 2 is 1.93 bits per heavy atom. The highest BCUT2D eigenvalue weighted by Gasteiger charge is 2.31. The lowest BCUT2D eigenvalue weighted by Crippen LogP contribution is -2.55. The van der Waals surface area contributed by atoms with Crippen LogP contribution in [0.5, 0.6) is 5.75 Å². The van der Waals surface area contributed by atoms with E-state index in [0.29, 0.717) is 18.9 Å². The van der Waals surface area contributed by atoms with Gasteiger partial charge >= 0.3 is 0 Å². The SMILES string of the molecule is O=CCOc1ccccc1C1CCC(OC[C@@H]2NCCC[C@@H]2NS(=O)(=O)CF)CC1. The van der Waals surface area contributed by atoms with E-state index in [9.17, 15) is 17.6 Å². The number of aldehydes is 1. The van der Waals surface area contributed by atoms with E-state index in [2.05, 4.69) is 16.1 Å². The first-order valence-electron chi connectivity index (χ1n) is 10.6. The fourth-order valence-corrected chi connectivity index (χ4v) is 5.19. The van der Waals surface area contributed by atoms with E-state index in [1.165, 1.54) is 0 Å². The molecule has 1 aliphatic heterocycles. The Balaban J connectivity index is 1.49. The molecular formula is C21H31FN2O5S. The Morgan fingerprint density at radius 3 is 2.67 bits per heavy atom. The average Bonchev–Trinajstić information content (AvgIpc) is 2.77. The molecule has 3 rings (SSSR count). The number of halogens is 1. The second-order valence-corrected chi connectivity index (χ2v) is 9.66. The molecule has 2 atom stereocenters. The first kappa shape index (κ1) is 23.1. The van der Waals surface area contributed by atoms with Gasteiger partial charge in [-0.15, -0.1) is 0 Å². The molecule has 0 aromatic heterocycles. The molecule has 2 N–H and O–H groups in total. The number of alkyl halides is 1. The molecule has 30 heavy (non-hydrogen) atoms. The van der Waals surface area contributed by atoms with Crippen molar-refractivity contribution in [2.45, 2.75) is 62.6 Å². The van der Waals surface area contributed by atoms with Gasteiger partial charge in [-0.1, -0.05) is 18.2 Å². The van der Waals surface area contributed by atoms with Crippen LogP contribution in [0.15, 0.2) is 24.3 Å². The summed E-state index contributed by atoms with van der Waals surface area (Å²) in [7, 11) is -3.89. The maximum absolute atomic E-state index is 12.7. The van der Waals surface area contributed by atoms with Gasteiger partial charge < -0.3 is 14.8 Å². The van der Waals surface area contributed by atoms with Crippen LogP contribution in [0.25, 0.3) is 0 Å². The van der Waals surface area contributed by atoms with Crippen LogP contribution in [-0.2, 0) is 19.6 Å². The minimum Gasteiger partial charge on any atom is -0.486 e. The molecule has 1 aromatic rings. The molecule has 1 aromatic carbocycles. The number of para-hydroxylation sites is 1. The fraction of sp³-hybridized carbons (Fsp3) is 0.667. The zero-order chi connectivity index (χ0) is 21.4. The molecule has 1 heterocycles. The summed E-state index contributed by atoms with van der Waals surface area (Å²) in [6.07, 6.45) is 6.11. The number of rotatable bonds is 10. The van der Waals surface area contributed by atoms with Crippen LogP contribution >= 0.6 is 0 Å². The molecule has 0 spiro atoms. The van der Waals surface area contributed by atoms with Gasteiger partial charge in [0.25, 0.3) is 0 Å². The van der Waals surface area contributed by atoms with Crippen molar-refractivity contribution in [1.82, 2.24) is 10.0 Å². The quantitative estimate of drug-likeness (QED) is 0.540. The second kappa shape index (κ2) is 11.2. The largest absolute Gasteiger partial charge is 0.486 e. The van der Waals surface area contributed by atoms with Crippen LogP contribution in [0.3, 0.4) is 0 Å². The average molecular weight is 443 g/mol. The molecule has 1 aliphatic carbocycles. The van der Waals surface area contributed by atoms with E-state index in [1.54, 1.807) is 0 Å². The molecule has 168 valence electrons. The van der Waals surface area contributed by atoms with Crippen molar-refractivity contribution in [3.05, 3.63) is 29.8 Å². The Bertz CT molecular complexity index is 783. The summed E-state index contributed by atoms with van der Waals surface area (Å²) in [5, 5.41) is 3.30. The zero-order valence-corrected chi connectivity index (χ0v) is 17.9. The predicted octanol–water partition coefficient (Wildman–Crippen LogP) is 2.27. The van der Waals surface area contributed by atoms with Crippen molar-refractivity contribution < 1.29 is 27.1 Å². The summed E-state index contributed by atoms with van der Waals surface area (Å²) in [5.41, 5.74) is 1.13. The molecule has 0 amide bonds. The number of sulfonamides is 1. The number of nitrogens with one attached hydrogen (secondary N) is 2. The minimum atomic E-state index is -3.89. The standard InChI is InChI=1S/C21H31FN2O5S/c22-15-30(26,27)24-19-5-3-11-23-20(19)14-29-17-9-7-16(8-10-17)18-4-1-2-6-21(18)28-13-12-25/h1-2,4,6,12,16-17,19-20,23-24H,3,5,7-11,13-15H2/t16?,17?,19-,20-/m0/s1. The van der Waals surface area contributed by atoms with Gasteiger partial charge in [0.1, 0.15) is 12.4 Å². The van der Waals surface area contributed by atoms with Crippen molar-refractivity contribution >= 4 is 16.3 Å². The third-order valence-electron chi connectivity index (χ3n) is 5.91. The Morgan fingerprint density at radius 1 is 1.17 bits per heavy atom. The minimum absolute atomic E-state index is 0.0528. The summed E-state index contributed by atoms with van der Waals surface area (Å²) in [6.45, 7) is 1.25. The normalized spacial score (nSPS) is 27.5. The summed E-state index contributed by atoms with van der Waals surface area (Å²) in [6, 6.07) is 5.93. The molecule has 7 nitrogen and oxygen atoms in total. The third-order valence-corrected chi connectivity index (χ3v) is 6.86. The van der Waals surface area contributed by atoms with Crippen LogP contribution in [0.1, 0.15) is 50.0 Å². The first-order valence-corrected chi connectivity index (χ1v) is 12.2. The van der Waals surface area contributed by atoms with Crippen molar-refractivity contribution in [3.8, 4) is 5.75 Å². The summed E-state index contributed by atoms with van der Waals surface area (Å²) >= 11 is 0. The lowest BCUT2D eigenvalue weighted by molar-refractivity contribution is -0.109. The summed E-state index contributed by atoms with van der Waals surface area (Å²) in [5.74, 6) is 1.13. The molecule has 1 saturated carbocycles. The number of hydrogen-bond acceptors (Lipinski definition) is 6. The van der Waals surface area contributed by atoms with Gasteiger partial charge in [-0.3, -0.25) is 4.79 Å². The first-order chi connectivity index (χ1) is 14.5. The topological polar surface area (TPSA) is 93.7 Å². The van der Waals surface area contributed by atoms with E-state index in [1.807, 2.05) is 18.2 Å². The summed E-state index contributed by atoms with van der Waals surface area (Å²) in [4.78, 5) is 10.6. The van der Waals surface area contributed by atoms with Crippen molar-refractivity contribution in [1.29, 1.82) is 0 Å². The van der Waals surface area contributed by atoms with Crippen LogP contribution in [0.2, 0.25) is 0 Å². The maximum Gasteiger partial charge on any atom is 0.241 e. The molecule has 0 unspecified atom stereocenters. The van der Waals surface area contributed by atoms with Gasteiger partial charge in [0.05, 0.1) is 12.7 Å². The number of carbonyl (C=O) groups excluding carboxylic acids is 1. The van der Waals surface area contributed by atoms with Crippen LogP contribution in [0.4, 0.5) is 4.39 Å². The molecule has 2 fully saturated rings. The zero-order valence-electron chi connectivity index (χ0n) is 17.1. The Kier molecular flexibility index (Phi) is 8.61. The van der Waals surface area contributed by atoms with E-state index < -0.39 is 16.0 Å². The highest BCUT2D eigenvalue weighted by molar-refractivity contribution is 7.89. The smallest absolute Gasteiger partial charge is 0.241 e. The molecule has 9 heteroatoms. The van der Waals surface area contributed by atoms with E-state index >= 15 is 0 Å². The maximum atomic E-state index is 12.7. The molecular weight excluding hydrogens is 411 g/mol. The number of piperidine rings is 1. The predicted molar refractivity (Wildman–Crippen MR) is 112 cm³/mol. The lowest BCUT2D eigenvalue weighted by atomic mass is 9.82.